The lowest BCUT2D eigenvalue weighted by Crippen LogP contribution is -2.38. The van der Waals surface area contributed by atoms with Gasteiger partial charge in [0, 0.05) is 52.1 Å². The number of hydrogen-bond donors (Lipinski definition) is 0. The fraction of sp³-hybridized carbons (Fsp3) is 0.536. The summed E-state index contributed by atoms with van der Waals surface area (Å²) in [5.41, 5.74) is 4.00. The van der Waals surface area contributed by atoms with Crippen molar-refractivity contribution in [2.24, 2.45) is 5.92 Å². The Morgan fingerprint density at radius 1 is 1.21 bits per heavy atom. The summed E-state index contributed by atoms with van der Waals surface area (Å²) in [5.74, 6) is 0.503. The lowest BCUT2D eigenvalue weighted by molar-refractivity contribution is -0.133. The predicted octanol–water partition coefficient (Wildman–Crippen LogP) is 4.67. The van der Waals surface area contributed by atoms with Gasteiger partial charge in [0.1, 0.15) is 0 Å². The molecular weight excluding hydrogens is 412 g/mol. The fourth-order valence-corrected chi connectivity index (χ4v) is 4.93. The Morgan fingerprint density at radius 2 is 2.00 bits per heavy atom. The second-order valence-electron chi connectivity index (χ2n) is 9.50. The van der Waals surface area contributed by atoms with Crippen LogP contribution < -0.4 is 0 Å². The van der Waals surface area contributed by atoms with Gasteiger partial charge < -0.3 is 19.3 Å². The largest absolute Gasteiger partial charge is 0.385 e. The number of methoxy groups -OCH3 is 2. The molecular formula is C28H38N2O3. The molecule has 5 heteroatoms. The minimum atomic E-state index is -0.0521. The van der Waals surface area contributed by atoms with E-state index in [1.807, 2.05) is 6.92 Å². The first kappa shape index (κ1) is 23.8. The second-order valence-corrected chi connectivity index (χ2v) is 9.50. The Labute approximate surface area is 198 Å². The Hall–Kier alpha value is -2.37. The van der Waals surface area contributed by atoms with Crippen molar-refractivity contribution < 1.29 is 14.3 Å². The smallest absolute Gasteiger partial charge is 0.225 e. The number of carbonyl (C=O) groups is 1. The van der Waals surface area contributed by atoms with E-state index in [0.717, 1.165) is 38.8 Å². The standard InChI is InChI=1S/C28H38N2O3/c1-21(33-3)17-28(31)30(25-13-14-25)20-24-19-29(15-8-16-32-2)27-18-23(11-7-12-26(24)27)22-9-5-4-6-10-22/h4-7,9-10,12,18-19,21,25-27H,8,11,13-17,20H2,1-3H3. The third-order valence-electron chi connectivity index (χ3n) is 7.00. The zero-order valence-electron chi connectivity index (χ0n) is 20.3. The molecule has 3 aliphatic rings. The number of rotatable bonds is 11. The zero-order valence-corrected chi connectivity index (χ0v) is 20.3. The molecule has 0 spiro atoms. The lowest BCUT2D eigenvalue weighted by Gasteiger charge is -2.28. The van der Waals surface area contributed by atoms with Crippen molar-refractivity contribution in [3.8, 4) is 0 Å². The monoisotopic (exact) mass is 450 g/mol. The van der Waals surface area contributed by atoms with Crippen molar-refractivity contribution in [1.82, 2.24) is 9.80 Å². The quantitative estimate of drug-likeness (QED) is 0.363. The molecule has 3 atom stereocenters. The number of amides is 1. The number of ether oxygens (including phenoxy) is 2. The number of nitrogens with zero attached hydrogens (tertiary/aromatic N) is 2. The number of fused-ring (bicyclic) bond motifs is 1. The van der Waals surface area contributed by atoms with Gasteiger partial charge in [-0.2, -0.15) is 0 Å². The average Bonchev–Trinajstić information content (AvgIpc) is 3.64. The summed E-state index contributed by atoms with van der Waals surface area (Å²) in [6, 6.07) is 11.3. The summed E-state index contributed by atoms with van der Waals surface area (Å²) in [5, 5.41) is 0. The van der Waals surface area contributed by atoms with Crippen molar-refractivity contribution in [3.05, 3.63) is 65.9 Å². The van der Waals surface area contributed by atoms with Gasteiger partial charge in [-0.25, -0.2) is 0 Å². The van der Waals surface area contributed by atoms with E-state index in [0.29, 0.717) is 24.9 Å². The van der Waals surface area contributed by atoms with Gasteiger partial charge >= 0.3 is 0 Å². The highest BCUT2D eigenvalue weighted by Gasteiger charge is 2.38. The number of allylic oxidation sites excluding steroid dienone is 2. The van der Waals surface area contributed by atoms with E-state index in [1.54, 1.807) is 14.2 Å². The SMILES string of the molecule is COCCCN1C=C(CN(C(=O)CC(C)OC)C2CC2)C2C=CCC(c3ccccc3)=CC21. The van der Waals surface area contributed by atoms with E-state index in [9.17, 15) is 4.79 Å². The first-order valence-electron chi connectivity index (χ1n) is 12.3. The fourth-order valence-electron chi connectivity index (χ4n) is 4.93. The van der Waals surface area contributed by atoms with Crippen molar-refractivity contribution in [1.29, 1.82) is 0 Å². The molecule has 0 radical (unpaired) electrons. The normalized spacial score (nSPS) is 22.9. The number of hydrogen-bond acceptors (Lipinski definition) is 4. The summed E-state index contributed by atoms with van der Waals surface area (Å²) in [6.45, 7) is 4.38. The summed E-state index contributed by atoms with van der Waals surface area (Å²) in [4.78, 5) is 17.7. The molecule has 33 heavy (non-hydrogen) atoms. The Bertz CT molecular complexity index is 888. The van der Waals surface area contributed by atoms with Crippen LogP contribution in [0.4, 0.5) is 0 Å². The third kappa shape index (κ3) is 5.96. The molecule has 1 saturated carbocycles. The van der Waals surface area contributed by atoms with E-state index in [-0.39, 0.29) is 18.1 Å². The molecule has 1 heterocycles. The molecule has 178 valence electrons. The van der Waals surface area contributed by atoms with E-state index < -0.39 is 0 Å². The van der Waals surface area contributed by atoms with Crippen LogP contribution in [-0.2, 0) is 14.3 Å². The summed E-state index contributed by atoms with van der Waals surface area (Å²) >= 11 is 0. The van der Waals surface area contributed by atoms with Gasteiger partial charge in [0.15, 0.2) is 0 Å². The highest BCUT2D eigenvalue weighted by atomic mass is 16.5. The minimum Gasteiger partial charge on any atom is -0.385 e. The van der Waals surface area contributed by atoms with Gasteiger partial charge in [0.05, 0.1) is 18.6 Å². The zero-order chi connectivity index (χ0) is 23.2. The van der Waals surface area contributed by atoms with Crippen LogP contribution in [0.1, 0.15) is 44.6 Å². The van der Waals surface area contributed by atoms with Gasteiger partial charge in [0.25, 0.3) is 0 Å². The van der Waals surface area contributed by atoms with Crippen molar-refractivity contribution in [2.75, 3.05) is 33.9 Å². The summed E-state index contributed by atoms with van der Waals surface area (Å²) in [7, 11) is 3.43. The number of carbonyl (C=O) groups excluding carboxylic acids is 1. The molecule has 1 fully saturated rings. The van der Waals surface area contributed by atoms with Gasteiger partial charge in [-0.3, -0.25) is 4.79 Å². The first-order chi connectivity index (χ1) is 16.1. The molecule has 4 rings (SSSR count). The highest BCUT2D eigenvalue weighted by molar-refractivity contribution is 5.78. The molecule has 3 unspecified atom stereocenters. The molecule has 1 amide bonds. The molecule has 2 aliphatic carbocycles. The molecule has 1 aromatic rings. The first-order valence-corrected chi connectivity index (χ1v) is 12.3. The van der Waals surface area contributed by atoms with Gasteiger partial charge in [0.2, 0.25) is 5.91 Å². The van der Waals surface area contributed by atoms with E-state index in [4.69, 9.17) is 9.47 Å². The van der Waals surface area contributed by atoms with Crippen LogP contribution in [0.3, 0.4) is 0 Å². The van der Waals surface area contributed by atoms with Crippen molar-refractivity contribution in [3.63, 3.8) is 0 Å². The molecule has 0 N–H and O–H groups in total. The molecule has 1 aromatic carbocycles. The molecule has 5 nitrogen and oxygen atoms in total. The van der Waals surface area contributed by atoms with Crippen LogP contribution in [0.25, 0.3) is 5.57 Å². The second kappa shape index (κ2) is 11.2. The maximum atomic E-state index is 13.1. The lowest BCUT2D eigenvalue weighted by atomic mass is 9.93. The Morgan fingerprint density at radius 3 is 2.70 bits per heavy atom. The topological polar surface area (TPSA) is 42.0 Å². The summed E-state index contributed by atoms with van der Waals surface area (Å²) in [6.07, 6.45) is 14.0. The van der Waals surface area contributed by atoms with Gasteiger partial charge in [-0.1, -0.05) is 48.6 Å². The van der Waals surface area contributed by atoms with Crippen LogP contribution in [0.5, 0.6) is 0 Å². The van der Waals surface area contributed by atoms with Crippen LogP contribution in [0, 0.1) is 5.92 Å². The maximum Gasteiger partial charge on any atom is 0.225 e. The van der Waals surface area contributed by atoms with E-state index >= 15 is 0 Å². The molecule has 0 saturated heterocycles. The number of benzene rings is 1. The van der Waals surface area contributed by atoms with Crippen molar-refractivity contribution >= 4 is 11.5 Å². The Kier molecular flexibility index (Phi) is 8.05. The minimum absolute atomic E-state index is 0.0521. The Balaban J connectivity index is 1.57. The molecule has 0 aromatic heterocycles. The maximum absolute atomic E-state index is 13.1. The van der Waals surface area contributed by atoms with Crippen LogP contribution in [0.2, 0.25) is 0 Å². The highest BCUT2D eigenvalue weighted by Crippen LogP contribution is 2.38. The van der Waals surface area contributed by atoms with Crippen LogP contribution >= 0.6 is 0 Å². The molecule has 1 aliphatic heterocycles. The van der Waals surface area contributed by atoms with Crippen molar-refractivity contribution in [2.45, 2.75) is 57.2 Å². The summed E-state index contributed by atoms with van der Waals surface area (Å²) < 4.78 is 10.7. The predicted molar refractivity (Wildman–Crippen MR) is 133 cm³/mol. The van der Waals surface area contributed by atoms with E-state index in [2.05, 4.69) is 64.6 Å². The van der Waals surface area contributed by atoms with Crippen LogP contribution in [-0.4, -0.2) is 67.8 Å². The average molecular weight is 451 g/mol. The van der Waals surface area contributed by atoms with Gasteiger partial charge in [-0.05, 0) is 49.3 Å². The molecule has 0 bridgehead atoms. The third-order valence-corrected chi connectivity index (χ3v) is 7.00. The van der Waals surface area contributed by atoms with Crippen LogP contribution in [0.15, 0.2) is 60.3 Å². The van der Waals surface area contributed by atoms with E-state index in [1.165, 1.54) is 16.7 Å². The van der Waals surface area contributed by atoms with Gasteiger partial charge in [-0.15, -0.1) is 0 Å².